The first-order valence-corrected chi connectivity index (χ1v) is 7.02. The zero-order valence-electron chi connectivity index (χ0n) is 12.7. The van der Waals surface area contributed by atoms with Gasteiger partial charge in [0.15, 0.2) is 0 Å². The smallest absolute Gasteiger partial charge is 0.242 e. The zero-order valence-corrected chi connectivity index (χ0v) is 12.7. The number of aromatic nitrogens is 2. The molecule has 0 saturated carbocycles. The number of likely N-dealkylation sites (tertiary alicyclic amines) is 1. The van der Waals surface area contributed by atoms with Gasteiger partial charge in [-0.25, -0.2) is 0 Å². The third-order valence-electron chi connectivity index (χ3n) is 4.10. The molecule has 1 aromatic heterocycles. The number of hydrogen-bond donors (Lipinski definition) is 1. The van der Waals surface area contributed by atoms with E-state index < -0.39 is 6.04 Å². The number of carbonyl (C=O) groups is 1. The first-order valence-electron chi connectivity index (χ1n) is 7.02. The Balaban J connectivity index is 2.25. The van der Waals surface area contributed by atoms with Gasteiger partial charge in [-0.15, -0.1) is 0 Å². The number of nitrogens with two attached hydrogens (primary N) is 1. The Morgan fingerprint density at radius 1 is 1.55 bits per heavy atom. The van der Waals surface area contributed by atoms with Crippen LogP contribution in [0.1, 0.15) is 35.8 Å². The average molecular weight is 280 g/mol. The Kier molecular flexibility index (Phi) is 4.45. The molecule has 6 nitrogen and oxygen atoms in total. The van der Waals surface area contributed by atoms with Crippen LogP contribution in [0.2, 0.25) is 0 Å². The molecule has 2 unspecified atom stereocenters. The normalized spacial score (nSPS) is 20.4. The van der Waals surface area contributed by atoms with Crippen LogP contribution >= 0.6 is 0 Å². The fourth-order valence-corrected chi connectivity index (χ4v) is 3.07. The largest absolute Gasteiger partial charge is 0.383 e. The summed E-state index contributed by atoms with van der Waals surface area (Å²) in [6.45, 7) is 5.06. The summed E-state index contributed by atoms with van der Waals surface area (Å²) in [5.41, 5.74) is 9.17. The second-order valence-corrected chi connectivity index (χ2v) is 5.46. The van der Waals surface area contributed by atoms with Crippen LogP contribution in [0, 0.1) is 13.8 Å². The van der Waals surface area contributed by atoms with E-state index in [1.165, 1.54) is 5.56 Å². The number of nitrogens with zero attached hydrogens (tertiary/aromatic N) is 3. The van der Waals surface area contributed by atoms with E-state index in [0.29, 0.717) is 0 Å². The lowest BCUT2D eigenvalue weighted by Gasteiger charge is -2.27. The van der Waals surface area contributed by atoms with Gasteiger partial charge in [0.1, 0.15) is 6.04 Å². The molecule has 6 heteroatoms. The van der Waals surface area contributed by atoms with Gasteiger partial charge in [-0.3, -0.25) is 9.48 Å². The molecule has 1 amide bonds. The van der Waals surface area contributed by atoms with Crippen LogP contribution in [0.3, 0.4) is 0 Å². The van der Waals surface area contributed by atoms with Crippen LogP contribution in [0.4, 0.5) is 0 Å². The monoisotopic (exact) mass is 280 g/mol. The molecule has 2 rings (SSSR count). The quantitative estimate of drug-likeness (QED) is 0.880. The minimum absolute atomic E-state index is 0.0306. The summed E-state index contributed by atoms with van der Waals surface area (Å²) in [4.78, 5) is 14.3. The highest BCUT2D eigenvalue weighted by molar-refractivity contribution is 5.82. The molecule has 1 aliphatic heterocycles. The highest BCUT2D eigenvalue weighted by Crippen LogP contribution is 2.35. The van der Waals surface area contributed by atoms with Crippen molar-refractivity contribution in [2.45, 2.75) is 38.8 Å². The van der Waals surface area contributed by atoms with Gasteiger partial charge < -0.3 is 15.4 Å². The molecule has 1 fully saturated rings. The Morgan fingerprint density at radius 2 is 2.25 bits per heavy atom. The maximum absolute atomic E-state index is 12.4. The van der Waals surface area contributed by atoms with Gasteiger partial charge in [0.25, 0.3) is 0 Å². The molecule has 0 aliphatic carbocycles. The van der Waals surface area contributed by atoms with E-state index in [-0.39, 0.29) is 18.6 Å². The summed E-state index contributed by atoms with van der Waals surface area (Å²) in [5.74, 6) is -0.0306. The Bertz CT molecular complexity index is 498. The van der Waals surface area contributed by atoms with Crippen molar-refractivity contribution in [3.63, 3.8) is 0 Å². The average Bonchev–Trinajstić information content (AvgIpc) is 2.95. The van der Waals surface area contributed by atoms with Gasteiger partial charge in [0.2, 0.25) is 5.91 Å². The van der Waals surface area contributed by atoms with Crippen molar-refractivity contribution in [1.29, 1.82) is 0 Å². The van der Waals surface area contributed by atoms with Crippen LogP contribution in [0.25, 0.3) is 0 Å². The summed E-state index contributed by atoms with van der Waals surface area (Å²) in [5, 5.41) is 4.45. The van der Waals surface area contributed by atoms with E-state index in [2.05, 4.69) is 5.10 Å². The standard InChI is InChI=1S/C14H24N4O2/c1-9-13(10(2)17(3)16-9)12-6-5-7-18(12)14(19)11(15)8-20-4/h11-12H,5-8,15H2,1-4H3. The molecular weight excluding hydrogens is 256 g/mol. The lowest BCUT2D eigenvalue weighted by atomic mass is 10.0. The maximum atomic E-state index is 12.4. The van der Waals surface area contributed by atoms with Crippen LogP contribution < -0.4 is 5.73 Å². The van der Waals surface area contributed by atoms with Gasteiger partial charge in [0.05, 0.1) is 18.3 Å². The van der Waals surface area contributed by atoms with Crippen molar-refractivity contribution in [3.05, 3.63) is 17.0 Å². The van der Waals surface area contributed by atoms with Crippen LogP contribution in [-0.4, -0.2) is 46.9 Å². The van der Waals surface area contributed by atoms with Crippen LogP contribution in [0.15, 0.2) is 0 Å². The van der Waals surface area contributed by atoms with Crippen molar-refractivity contribution in [2.24, 2.45) is 12.8 Å². The second kappa shape index (κ2) is 5.93. The summed E-state index contributed by atoms with van der Waals surface area (Å²) in [7, 11) is 3.49. The number of amides is 1. The topological polar surface area (TPSA) is 73.4 Å². The predicted molar refractivity (Wildman–Crippen MR) is 76.2 cm³/mol. The molecule has 112 valence electrons. The molecule has 1 aliphatic rings. The zero-order chi connectivity index (χ0) is 14.9. The Labute approximate surface area is 119 Å². The molecule has 2 atom stereocenters. The van der Waals surface area contributed by atoms with Crippen molar-refractivity contribution in [2.75, 3.05) is 20.3 Å². The second-order valence-electron chi connectivity index (χ2n) is 5.46. The van der Waals surface area contributed by atoms with E-state index in [1.807, 2.05) is 30.5 Å². The number of hydrogen-bond acceptors (Lipinski definition) is 4. The van der Waals surface area contributed by atoms with Gasteiger partial charge in [0, 0.05) is 32.0 Å². The summed E-state index contributed by atoms with van der Waals surface area (Å²) < 4.78 is 6.86. The van der Waals surface area contributed by atoms with Gasteiger partial charge in [-0.2, -0.15) is 5.10 Å². The SMILES string of the molecule is COCC(N)C(=O)N1CCCC1c1c(C)nn(C)c1C. The molecule has 0 spiro atoms. The molecule has 0 radical (unpaired) electrons. The number of rotatable bonds is 4. The molecule has 2 heterocycles. The molecule has 0 bridgehead atoms. The van der Waals surface area contributed by atoms with Gasteiger partial charge >= 0.3 is 0 Å². The predicted octanol–water partition coefficient (Wildman–Crippen LogP) is 0.674. The van der Waals surface area contributed by atoms with E-state index >= 15 is 0 Å². The van der Waals surface area contributed by atoms with Gasteiger partial charge in [-0.05, 0) is 26.7 Å². The Morgan fingerprint density at radius 3 is 2.80 bits per heavy atom. The first-order chi connectivity index (χ1) is 9.47. The van der Waals surface area contributed by atoms with E-state index in [1.54, 1.807) is 7.11 Å². The van der Waals surface area contributed by atoms with Crippen molar-refractivity contribution >= 4 is 5.91 Å². The summed E-state index contributed by atoms with van der Waals surface area (Å²) in [6.07, 6.45) is 1.97. The fraction of sp³-hybridized carbons (Fsp3) is 0.714. The summed E-state index contributed by atoms with van der Waals surface area (Å²) >= 11 is 0. The number of ether oxygens (including phenoxy) is 1. The van der Waals surface area contributed by atoms with E-state index in [9.17, 15) is 4.79 Å². The van der Waals surface area contributed by atoms with Crippen LogP contribution in [-0.2, 0) is 16.6 Å². The van der Waals surface area contributed by atoms with Crippen molar-refractivity contribution in [3.8, 4) is 0 Å². The fourth-order valence-electron chi connectivity index (χ4n) is 3.07. The van der Waals surface area contributed by atoms with Gasteiger partial charge in [-0.1, -0.05) is 0 Å². The molecular formula is C14H24N4O2. The molecule has 20 heavy (non-hydrogen) atoms. The number of carbonyl (C=O) groups excluding carboxylic acids is 1. The minimum atomic E-state index is -0.585. The number of methoxy groups -OCH3 is 1. The third-order valence-corrected chi connectivity index (χ3v) is 4.10. The van der Waals surface area contributed by atoms with Crippen LogP contribution in [0.5, 0.6) is 0 Å². The van der Waals surface area contributed by atoms with Crippen molar-refractivity contribution in [1.82, 2.24) is 14.7 Å². The Hall–Kier alpha value is -1.40. The molecule has 0 aromatic carbocycles. The van der Waals surface area contributed by atoms with E-state index in [0.717, 1.165) is 30.8 Å². The number of aryl methyl sites for hydroxylation is 2. The highest BCUT2D eigenvalue weighted by atomic mass is 16.5. The molecule has 1 saturated heterocycles. The molecule has 2 N–H and O–H groups in total. The van der Waals surface area contributed by atoms with E-state index in [4.69, 9.17) is 10.5 Å². The minimum Gasteiger partial charge on any atom is -0.383 e. The summed E-state index contributed by atoms with van der Waals surface area (Å²) in [6, 6.07) is -0.489. The maximum Gasteiger partial charge on any atom is 0.242 e. The first kappa shape index (κ1) is 15.0. The van der Waals surface area contributed by atoms with Crippen molar-refractivity contribution < 1.29 is 9.53 Å². The lowest BCUT2D eigenvalue weighted by molar-refractivity contribution is -0.134. The lowest BCUT2D eigenvalue weighted by Crippen LogP contribution is -2.45. The highest BCUT2D eigenvalue weighted by Gasteiger charge is 2.35. The third kappa shape index (κ3) is 2.58. The molecule has 1 aromatic rings.